The highest BCUT2D eigenvalue weighted by Crippen LogP contribution is 1.74. The molecule has 3 heteroatoms. The Hall–Kier alpha value is -0.150. The second-order valence-corrected chi connectivity index (χ2v) is 0.633. The van der Waals surface area contributed by atoms with Crippen LogP contribution in [0.4, 0.5) is 4.39 Å². The van der Waals surface area contributed by atoms with Crippen molar-refractivity contribution in [2.24, 2.45) is 0 Å². The second-order valence-electron chi connectivity index (χ2n) is 0.633. The first kappa shape index (κ1) is 5.85. The minimum absolute atomic E-state index is 0.393. The number of hydrogen-bond donors (Lipinski definition) is 0. The van der Waals surface area contributed by atoms with Crippen LogP contribution in [-0.2, 0) is 9.78 Å². The van der Waals surface area contributed by atoms with Gasteiger partial charge in [-0.05, 0) is 6.92 Å². The maximum atomic E-state index is 10.8. The van der Waals surface area contributed by atoms with E-state index < -0.39 is 6.86 Å². The summed E-state index contributed by atoms with van der Waals surface area (Å²) in [6.07, 6.45) is 0. The maximum Gasteiger partial charge on any atom is 0.221 e. The van der Waals surface area contributed by atoms with Gasteiger partial charge in [0.15, 0.2) is 0 Å². The Kier molecular flexibility index (Phi) is 4.73. The molecule has 0 spiro atoms. The van der Waals surface area contributed by atoms with Crippen molar-refractivity contribution in [3.05, 3.63) is 0 Å². The normalized spacial score (nSPS) is 9.00. The summed E-state index contributed by atoms with van der Waals surface area (Å²) in [6, 6.07) is 0. The molecule has 0 saturated carbocycles. The van der Waals surface area contributed by atoms with Crippen LogP contribution >= 0.6 is 0 Å². The molecule has 0 N–H and O–H groups in total. The number of alkyl halides is 1. The minimum Gasteiger partial charge on any atom is -0.234 e. The molecule has 0 aliphatic rings. The fraction of sp³-hybridized carbons (Fsp3) is 1.00. The lowest BCUT2D eigenvalue weighted by Gasteiger charge is -1.89. The molecule has 0 heterocycles. The molecule has 0 atom stereocenters. The molecule has 0 amide bonds. The largest absolute Gasteiger partial charge is 0.234 e. The van der Waals surface area contributed by atoms with Crippen molar-refractivity contribution >= 4 is 0 Å². The quantitative estimate of drug-likeness (QED) is 0.293. The lowest BCUT2D eigenvalue weighted by Crippen LogP contribution is -1.89. The van der Waals surface area contributed by atoms with Gasteiger partial charge in [-0.15, -0.1) is 0 Å². The molecule has 0 radical (unpaired) electrons. The third-order valence-corrected chi connectivity index (χ3v) is 0.246. The zero-order valence-electron chi connectivity index (χ0n) is 3.61. The Morgan fingerprint density at radius 2 is 2.17 bits per heavy atom. The summed E-state index contributed by atoms with van der Waals surface area (Å²) in [5.74, 6) is 0. The highest BCUT2D eigenvalue weighted by Gasteiger charge is 1.74. The Balaban J connectivity index is 2.34. The molecule has 0 rings (SSSR count). The summed E-state index contributed by atoms with van der Waals surface area (Å²) < 4.78 is 10.8. The molecular weight excluding hydrogens is 87.0 g/mol. The maximum absolute atomic E-state index is 10.8. The smallest absolute Gasteiger partial charge is 0.221 e. The summed E-state index contributed by atoms with van der Waals surface area (Å²) in [7, 11) is 0. The van der Waals surface area contributed by atoms with Crippen molar-refractivity contribution < 1.29 is 14.2 Å². The third-order valence-electron chi connectivity index (χ3n) is 0.246. The Bertz CT molecular complexity index is 20.8. The van der Waals surface area contributed by atoms with Gasteiger partial charge in [-0.3, -0.25) is 0 Å². The number of hydrogen-bond acceptors (Lipinski definition) is 2. The SMILES string of the molecule is CCOOCF. The average molecular weight is 94.1 g/mol. The lowest BCUT2D eigenvalue weighted by atomic mass is 10.9. The van der Waals surface area contributed by atoms with Crippen LogP contribution in [0.15, 0.2) is 0 Å². The molecule has 6 heavy (non-hydrogen) atoms. The summed E-state index contributed by atoms with van der Waals surface area (Å²) in [4.78, 5) is 7.92. The van der Waals surface area contributed by atoms with E-state index in [9.17, 15) is 4.39 Å². The van der Waals surface area contributed by atoms with Crippen molar-refractivity contribution in [2.75, 3.05) is 13.5 Å². The third kappa shape index (κ3) is 3.85. The predicted octanol–water partition coefficient (Wildman–Crippen LogP) is 0.882. The Morgan fingerprint density at radius 1 is 1.50 bits per heavy atom. The molecule has 38 valence electrons. The van der Waals surface area contributed by atoms with Gasteiger partial charge >= 0.3 is 0 Å². The van der Waals surface area contributed by atoms with Crippen LogP contribution in [0, 0.1) is 0 Å². The molecule has 0 unspecified atom stereocenters. The van der Waals surface area contributed by atoms with Crippen LogP contribution < -0.4 is 0 Å². The average Bonchev–Trinajstić information content (AvgIpc) is 1.61. The lowest BCUT2D eigenvalue weighted by molar-refractivity contribution is -0.311. The van der Waals surface area contributed by atoms with Crippen molar-refractivity contribution in [1.82, 2.24) is 0 Å². The van der Waals surface area contributed by atoms with E-state index in [1.54, 1.807) is 6.92 Å². The molecule has 0 aromatic heterocycles. The highest BCUT2D eigenvalue weighted by molar-refractivity contribution is 3.92. The van der Waals surface area contributed by atoms with Gasteiger partial charge in [-0.1, -0.05) is 0 Å². The highest BCUT2D eigenvalue weighted by atomic mass is 19.1. The van der Waals surface area contributed by atoms with Gasteiger partial charge in [-0.25, -0.2) is 14.2 Å². The molecule has 0 fully saturated rings. The summed E-state index contributed by atoms with van der Waals surface area (Å²) in [6.45, 7) is 1.24. The van der Waals surface area contributed by atoms with E-state index in [4.69, 9.17) is 0 Å². The first-order chi connectivity index (χ1) is 2.91. The van der Waals surface area contributed by atoms with Crippen LogP contribution in [0.2, 0.25) is 0 Å². The van der Waals surface area contributed by atoms with E-state index in [-0.39, 0.29) is 0 Å². The van der Waals surface area contributed by atoms with Crippen molar-refractivity contribution in [2.45, 2.75) is 6.92 Å². The van der Waals surface area contributed by atoms with Crippen molar-refractivity contribution in [3.63, 3.8) is 0 Å². The molecule has 0 aromatic rings. The van der Waals surface area contributed by atoms with Crippen LogP contribution in [0.3, 0.4) is 0 Å². The molecule has 2 nitrogen and oxygen atoms in total. The first-order valence-corrected chi connectivity index (χ1v) is 1.72. The number of rotatable bonds is 3. The first-order valence-electron chi connectivity index (χ1n) is 1.72. The van der Waals surface area contributed by atoms with E-state index in [1.165, 1.54) is 0 Å². The van der Waals surface area contributed by atoms with Gasteiger partial charge in [0.1, 0.15) is 0 Å². The monoisotopic (exact) mass is 94.0 g/mol. The Morgan fingerprint density at radius 3 is 2.33 bits per heavy atom. The molecule has 0 aromatic carbocycles. The van der Waals surface area contributed by atoms with Crippen molar-refractivity contribution in [3.8, 4) is 0 Å². The molecule has 0 bridgehead atoms. The molecule has 0 saturated heterocycles. The van der Waals surface area contributed by atoms with E-state index in [2.05, 4.69) is 9.78 Å². The molecule has 0 aliphatic heterocycles. The Labute approximate surface area is 35.8 Å². The van der Waals surface area contributed by atoms with Gasteiger partial charge in [0.25, 0.3) is 0 Å². The zero-order chi connectivity index (χ0) is 4.83. The van der Waals surface area contributed by atoms with E-state index in [0.29, 0.717) is 6.61 Å². The van der Waals surface area contributed by atoms with Gasteiger partial charge < -0.3 is 0 Å². The van der Waals surface area contributed by atoms with Crippen LogP contribution in [0.25, 0.3) is 0 Å². The van der Waals surface area contributed by atoms with E-state index >= 15 is 0 Å². The zero-order valence-corrected chi connectivity index (χ0v) is 3.61. The standard InChI is InChI=1S/C3H7FO2/c1-2-5-6-3-4/h2-3H2,1H3. The molecular formula is C3H7FO2. The minimum atomic E-state index is -0.867. The van der Waals surface area contributed by atoms with E-state index in [1.807, 2.05) is 0 Å². The van der Waals surface area contributed by atoms with Gasteiger partial charge in [0, 0.05) is 0 Å². The van der Waals surface area contributed by atoms with Gasteiger partial charge in [0.05, 0.1) is 6.61 Å². The fourth-order valence-corrected chi connectivity index (χ4v) is 0.115. The summed E-state index contributed by atoms with van der Waals surface area (Å²) in [5.41, 5.74) is 0. The van der Waals surface area contributed by atoms with E-state index in [0.717, 1.165) is 0 Å². The predicted molar refractivity (Wildman–Crippen MR) is 18.7 cm³/mol. The fourth-order valence-electron chi connectivity index (χ4n) is 0.115. The van der Waals surface area contributed by atoms with Crippen LogP contribution in [0.5, 0.6) is 0 Å². The van der Waals surface area contributed by atoms with Gasteiger partial charge in [0.2, 0.25) is 6.86 Å². The van der Waals surface area contributed by atoms with Crippen LogP contribution in [0.1, 0.15) is 6.92 Å². The molecule has 0 aliphatic carbocycles. The summed E-state index contributed by atoms with van der Waals surface area (Å²) >= 11 is 0. The number of halogens is 1. The summed E-state index contributed by atoms with van der Waals surface area (Å²) in [5, 5.41) is 0. The van der Waals surface area contributed by atoms with Crippen molar-refractivity contribution in [1.29, 1.82) is 0 Å². The van der Waals surface area contributed by atoms with Crippen LogP contribution in [-0.4, -0.2) is 13.5 Å². The second kappa shape index (κ2) is 4.85. The van der Waals surface area contributed by atoms with Gasteiger partial charge in [-0.2, -0.15) is 0 Å². The topological polar surface area (TPSA) is 18.5 Å².